The Kier molecular flexibility index (Phi) is 5.44. The van der Waals surface area contributed by atoms with Crippen LogP contribution in [0.2, 0.25) is 0 Å². The number of methoxy groups -OCH3 is 2. The van der Waals surface area contributed by atoms with Crippen molar-refractivity contribution in [3.8, 4) is 17.4 Å². The number of fused-ring (bicyclic) bond motifs is 3. The highest BCUT2D eigenvalue weighted by molar-refractivity contribution is 6.11. The Hall–Kier alpha value is -4.09. The molecular formula is C21H21F2N5O5. The summed E-state index contributed by atoms with van der Waals surface area (Å²) in [4.78, 5) is 35.7. The van der Waals surface area contributed by atoms with Gasteiger partial charge in [-0.05, 0) is 0 Å². The summed E-state index contributed by atoms with van der Waals surface area (Å²) in [6.07, 6.45) is 0.887. The van der Waals surface area contributed by atoms with E-state index in [9.17, 15) is 9.59 Å². The molecule has 1 aromatic carbocycles. The van der Waals surface area contributed by atoms with Crippen LogP contribution in [0.4, 0.5) is 29.7 Å². The third-order valence-corrected chi connectivity index (χ3v) is 5.25. The number of carbonyl (C=O) groups excluding carboxylic acids is 2. The quantitative estimate of drug-likeness (QED) is 0.639. The Morgan fingerprint density at radius 1 is 1.12 bits per heavy atom. The molecule has 0 spiro atoms. The fourth-order valence-corrected chi connectivity index (χ4v) is 3.63. The number of nitrogens with one attached hydrogen (secondary N) is 1. The fraction of sp³-hybridized carbons (Fsp3) is 0.286. The molecule has 0 bridgehead atoms. The molecule has 0 unspecified atom stereocenters. The molecule has 12 heteroatoms. The van der Waals surface area contributed by atoms with Gasteiger partial charge in [-0.1, -0.05) is 0 Å². The summed E-state index contributed by atoms with van der Waals surface area (Å²) in [5.74, 6) is -2.46. The Morgan fingerprint density at radius 2 is 1.76 bits per heavy atom. The molecule has 1 N–H and O–H groups in total. The number of nitrogens with zero attached hydrogens (tertiary/aromatic N) is 4. The van der Waals surface area contributed by atoms with E-state index in [0.29, 0.717) is 22.3 Å². The number of benzene rings is 1. The van der Waals surface area contributed by atoms with Crippen molar-refractivity contribution >= 4 is 34.5 Å². The number of halogens is 2. The zero-order chi connectivity index (χ0) is 24.0. The number of amides is 3. The molecule has 0 fully saturated rings. The van der Waals surface area contributed by atoms with Gasteiger partial charge in [-0.2, -0.15) is 0 Å². The second-order valence-electron chi connectivity index (χ2n) is 7.48. The topological polar surface area (TPSA) is 100 Å². The van der Waals surface area contributed by atoms with Gasteiger partial charge < -0.3 is 24.1 Å². The first-order valence-electron chi connectivity index (χ1n) is 9.72. The van der Waals surface area contributed by atoms with Crippen LogP contribution in [0.3, 0.4) is 0 Å². The van der Waals surface area contributed by atoms with Gasteiger partial charge in [-0.25, -0.2) is 23.4 Å². The van der Waals surface area contributed by atoms with Crippen LogP contribution >= 0.6 is 0 Å². The maximum atomic E-state index is 15.0. The third-order valence-electron chi connectivity index (χ3n) is 5.25. The average Bonchev–Trinajstić information content (AvgIpc) is 3.19. The number of ether oxygens (including phenoxy) is 3. The van der Waals surface area contributed by atoms with Gasteiger partial charge in [0.15, 0.2) is 23.1 Å². The van der Waals surface area contributed by atoms with Crippen LogP contribution in [0.25, 0.3) is 11.0 Å². The smallest absolute Gasteiger partial charge is 0.415 e. The number of anilines is 2. The van der Waals surface area contributed by atoms with Crippen molar-refractivity contribution in [2.24, 2.45) is 0 Å². The first-order chi connectivity index (χ1) is 15.7. The first-order valence-corrected chi connectivity index (χ1v) is 9.72. The van der Waals surface area contributed by atoms with Crippen LogP contribution in [0.1, 0.15) is 5.56 Å². The highest BCUT2D eigenvalue weighted by Crippen LogP contribution is 2.42. The molecule has 0 radical (unpaired) electrons. The molecule has 0 atom stereocenters. The maximum Gasteiger partial charge on any atom is 0.415 e. The number of urea groups is 1. The number of rotatable bonds is 4. The van der Waals surface area contributed by atoms with E-state index in [1.807, 2.05) is 0 Å². The zero-order valence-electron chi connectivity index (χ0n) is 18.5. The maximum absolute atomic E-state index is 15.0. The highest BCUT2D eigenvalue weighted by atomic mass is 19.1. The lowest BCUT2D eigenvalue weighted by molar-refractivity contribution is 0.170. The number of H-pyrrole nitrogens is 1. The lowest BCUT2D eigenvalue weighted by Crippen LogP contribution is -2.46. The van der Waals surface area contributed by atoms with E-state index in [1.165, 1.54) is 57.4 Å². The van der Waals surface area contributed by atoms with Gasteiger partial charge in [0, 0.05) is 50.4 Å². The normalized spacial score (nSPS) is 13.2. The molecule has 4 rings (SSSR count). The molecule has 1 aliphatic rings. The van der Waals surface area contributed by atoms with Crippen molar-refractivity contribution in [3.05, 3.63) is 35.5 Å². The largest absolute Gasteiger partial charge is 0.493 e. The van der Waals surface area contributed by atoms with Crippen molar-refractivity contribution in [2.75, 3.05) is 45.2 Å². The van der Waals surface area contributed by atoms with Gasteiger partial charge in [0.05, 0.1) is 26.5 Å². The summed E-state index contributed by atoms with van der Waals surface area (Å²) in [7, 11) is 7.01. The van der Waals surface area contributed by atoms with E-state index in [2.05, 4.69) is 9.97 Å². The predicted octanol–water partition coefficient (Wildman–Crippen LogP) is 3.50. The summed E-state index contributed by atoms with van der Waals surface area (Å²) >= 11 is 0. The van der Waals surface area contributed by atoms with Crippen LogP contribution in [0.5, 0.6) is 17.4 Å². The molecule has 3 heterocycles. The van der Waals surface area contributed by atoms with Crippen molar-refractivity contribution in [1.29, 1.82) is 0 Å². The minimum atomic E-state index is -1.03. The van der Waals surface area contributed by atoms with Crippen LogP contribution in [0, 0.1) is 11.6 Å². The van der Waals surface area contributed by atoms with Crippen LogP contribution < -0.4 is 24.0 Å². The highest BCUT2D eigenvalue weighted by Gasteiger charge is 2.36. The van der Waals surface area contributed by atoms with Gasteiger partial charge in [0.25, 0.3) is 0 Å². The Bertz CT molecular complexity index is 1250. The molecule has 10 nitrogen and oxygen atoms in total. The molecule has 33 heavy (non-hydrogen) atoms. The van der Waals surface area contributed by atoms with Crippen LogP contribution in [-0.2, 0) is 6.54 Å². The first kappa shape index (κ1) is 22.1. The SMILES string of the molecule is COc1cc(OC)c(F)c(N2Cc3cnc4[nH]c(OC(=O)N(C)C)cc4c3N(C)C2=O)c1F. The number of hydrogen-bond acceptors (Lipinski definition) is 6. The van der Waals surface area contributed by atoms with E-state index < -0.39 is 29.4 Å². The van der Waals surface area contributed by atoms with E-state index in [1.54, 1.807) is 0 Å². The number of pyridine rings is 1. The predicted molar refractivity (Wildman–Crippen MR) is 115 cm³/mol. The van der Waals surface area contributed by atoms with Gasteiger partial charge in [0.2, 0.25) is 5.88 Å². The number of aromatic nitrogens is 2. The Labute approximate surface area is 187 Å². The molecule has 0 aliphatic carbocycles. The second kappa shape index (κ2) is 8.11. The van der Waals surface area contributed by atoms with E-state index in [0.717, 1.165) is 11.0 Å². The lowest BCUT2D eigenvalue weighted by Gasteiger charge is -2.35. The molecule has 2 aromatic heterocycles. The van der Waals surface area contributed by atoms with Crippen LogP contribution in [0.15, 0.2) is 18.3 Å². The average molecular weight is 461 g/mol. The standard InChI is InChI=1S/C21H21F2N5O5/c1-26(2)21(30)33-14-6-11-17-10(8-24-19(11)25-14)9-28(20(29)27(17)3)18-15(22)12(31-4)7-13(32-5)16(18)23/h6-8H,9H2,1-5H3,(H,24,25). The van der Waals surface area contributed by atoms with Gasteiger partial charge in [-0.3, -0.25) is 9.80 Å². The minimum Gasteiger partial charge on any atom is -0.493 e. The van der Waals surface area contributed by atoms with Crippen molar-refractivity contribution in [1.82, 2.24) is 14.9 Å². The molecule has 174 valence electrons. The van der Waals surface area contributed by atoms with Crippen molar-refractivity contribution in [3.63, 3.8) is 0 Å². The van der Waals surface area contributed by atoms with Gasteiger partial charge in [-0.15, -0.1) is 0 Å². The summed E-state index contributed by atoms with van der Waals surface area (Å²) in [6.45, 7) is -0.163. The zero-order valence-corrected chi connectivity index (χ0v) is 18.5. The van der Waals surface area contributed by atoms with Gasteiger partial charge in [0.1, 0.15) is 11.3 Å². The van der Waals surface area contributed by atoms with E-state index >= 15 is 8.78 Å². The minimum absolute atomic E-state index is 0.141. The van der Waals surface area contributed by atoms with Crippen molar-refractivity contribution in [2.45, 2.75) is 6.54 Å². The monoisotopic (exact) mass is 461 g/mol. The number of hydrogen-bond donors (Lipinski definition) is 1. The molecule has 3 aromatic rings. The molecule has 3 amide bonds. The summed E-state index contributed by atoms with van der Waals surface area (Å²) in [5, 5.41) is 0.508. The number of carbonyl (C=O) groups is 2. The summed E-state index contributed by atoms with van der Waals surface area (Å²) in [5.41, 5.74) is 0.780. The summed E-state index contributed by atoms with van der Waals surface area (Å²) < 4.78 is 45.3. The summed E-state index contributed by atoms with van der Waals surface area (Å²) in [6, 6.07) is 1.93. The molecule has 0 saturated carbocycles. The van der Waals surface area contributed by atoms with E-state index in [-0.39, 0.29) is 23.9 Å². The van der Waals surface area contributed by atoms with Crippen molar-refractivity contribution < 1.29 is 32.6 Å². The molecule has 0 saturated heterocycles. The molecular weight excluding hydrogens is 440 g/mol. The Morgan fingerprint density at radius 3 is 2.33 bits per heavy atom. The van der Waals surface area contributed by atoms with Crippen LogP contribution in [-0.4, -0.2) is 62.4 Å². The van der Waals surface area contributed by atoms with Gasteiger partial charge >= 0.3 is 12.1 Å². The second-order valence-corrected chi connectivity index (χ2v) is 7.48. The Balaban J connectivity index is 1.81. The molecule has 1 aliphatic heterocycles. The fourth-order valence-electron chi connectivity index (χ4n) is 3.63. The van der Waals surface area contributed by atoms with E-state index in [4.69, 9.17) is 14.2 Å². The lowest BCUT2D eigenvalue weighted by atomic mass is 10.1. The third kappa shape index (κ3) is 3.52. The number of aromatic amines is 1.